The van der Waals surface area contributed by atoms with Crippen molar-refractivity contribution in [2.24, 2.45) is 4.99 Å². The predicted molar refractivity (Wildman–Crippen MR) is 139 cm³/mol. The van der Waals surface area contributed by atoms with Gasteiger partial charge in [-0.1, -0.05) is 0 Å². The van der Waals surface area contributed by atoms with Gasteiger partial charge in [0.1, 0.15) is 11.5 Å². The number of aliphatic hydroxyl groups excluding tert-OH is 1. The molecule has 0 spiro atoms. The first-order valence-corrected chi connectivity index (χ1v) is 10.2. The van der Waals surface area contributed by atoms with Crippen molar-refractivity contribution in [1.29, 1.82) is 0 Å². The third-order valence-corrected chi connectivity index (χ3v) is 4.75. The zero-order valence-electron chi connectivity index (χ0n) is 19.9. The van der Waals surface area contributed by atoms with E-state index in [0.29, 0.717) is 53.4 Å². The highest BCUT2D eigenvalue weighted by molar-refractivity contribution is 14.0. The summed E-state index contributed by atoms with van der Waals surface area (Å²) in [6, 6.07) is 9.01. The van der Waals surface area contributed by atoms with Crippen molar-refractivity contribution in [3.05, 3.63) is 41.5 Å². The van der Waals surface area contributed by atoms with Crippen molar-refractivity contribution in [3.8, 4) is 28.7 Å². The number of halogens is 1. The molecule has 0 bridgehead atoms. The van der Waals surface area contributed by atoms with E-state index in [0.717, 1.165) is 5.56 Å². The lowest BCUT2D eigenvalue weighted by Gasteiger charge is -2.18. The third-order valence-electron chi connectivity index (χ3n) is 4.75. The number of guanidine groups is 1. The molecule has 3 N–H and O–H groups in total. The minimum atomic E-state index is -0.829. The fourth-order valence-corrected chi connectivity index (χ4v) is 3.14. The molecule has 0 amide bonds. The van der Waals surface area contributed by atoms with Gasteiger partial charge in [0.05, 0.1) is 48.2 Å². The van der Waals surface area contributed by atoms with E-state index in [1.165, 1.54) is 0 Å². The molecule has 0 aromatic heterocycles. The number of nitrogens with one attached hydrogen (secondary N) is 2. The highest BCUT2D eigenvalue weighted by Crippen LogP contribution is 2.38. The average molecular weight is 575 g/mol. The quantitative estimate of drug-likeness (QED) is 0.214. The third kappa shape index (κ3) is 7.74. The molecule has 0 radical (unpaired) electrons. The highest BCUT2D eigenvalue weighted by Gasteiger charge is 2.16. The molecule has 10 heteroatoms. The Hall–Kier alpha value is -2.60. The van der Waals surface area contributed by atoms with Crippen molar-refractivity contribution in [3.63, 3.8) is 0 Å². The maximum atomic E-state index is 10.7. The number of nitrogens with zero attached hydrogens (tertiary/aromatic N) is 1. The van der Waals surface area contributed by atoms with Gasteiger partial charge in [-0.3, -0.25) is 0 Å². The molecule has 0 heterocycles. The van der Waals surface area contributed by atoms with Crippen LogP contribution < -0.4 is 34.3 Å². The van der Waals surface area contributed by atoms with Crippen LogP contribution in [0.4, 0.5) is 0 Å². The predicted octanol–water partition coefficient (Wildman–Crippen LogP) is 3.14. The van der Waals surface area contributed by atoms with Gasteiger partial charge < -0.3 is 39.4 Å². The minimum Gasteiger partial charge on any atom is -0.497 e. The Balaban J connectivity index is 0.00000544. The number of aliphatic imine (C=N–C) groups is 1. The van der Waals surface area contributed by atoms with Crippen LogP contribution in [-0.2, 0) is 6.54 Å². The second-order valence-corrected chi connectivity index (χ2v) is 6.73. The fourth-order valence-electron chi connectivity index (χ4n) is 3.14. The summed E-state index contributed by atoms with van der Waals surface area (Å²) in [5.41, 5.74) is 1.51. The molecule has 184 valence electrons. The number of methoxy groups -OCH3 is 5. The van der Waals surface area contributed by atoms with Crippen LogP contribution in [-0.4, -0.2) is 59.7 Å². The zero-order valence-corrected chi connectivity index (χ0v) is 22.3. The number of hydrogen-bond acceptors (Lipinski definition) is 7. The van der Waals surface area contributed by atoms with Gasteiger partial charge in [-0.2, -0.15) is 0 Å². The SMILES string of the molecule is CCNC(=NCc1cc(OC)c(OC)c(OC)c1)NCC(O)c1cc(OC)ccc1OC.I. The number of benzene rings is 2. The summed E-state index contributed by atoms with van der Waals surface area (Å²) >= 11 is 0. The molecule has 0 aliphatic heterocycles. The van der Waals surface area contributed by atoms with Crippen molar-refractivity contribution in [1.82, 2.24) is 10.6 Å². The Bertz CT molecular complexity index is 885. The van der Waals surface area contributed by atoms with Gasteiger partial charge in [0.15, 0.2) is 17.5 Å². The normalized spacial score (nSPS) is 11.7. The lowest BCUT2D eigenvalue weighted by molar-refractivity contribution is 0.176. The second-order valence-electron chi connectivity index (χ2n) is 6.73. The maximum Gasteiger partial charge on any atom is 0.203 e. The van der Waals surface area contributed by atoms with E-state index in [2.05, 4.69) is 15.6 Å². The first kappa shape index (κ1) is 28.4. The molecule has 0 fully saturated rings. The second kappa shape index (κ2) is 14.5. The number of hydrogen-bond donors (Lipinski definition) is 3. The first-order valence-electron chi connectivity index (χ1n) is 10.2. The maximum absolute atomic E-state index is 10.7. The molecule has 2 aromatic carbocycles. The Morgan fingerprint density at radius 3 is 2.03 bits per heavy atom. The first-order chi connectivity index (χ1) is 15.5. The lowest BCUT2D eigenvalue weighted by atomic mass is 10.1. The van der Waals surface area contributed by atoms with Crippen molar-refractivity contribution < 1.29 is 28.8 Å². The van der Waals surface area contributed by atoms with Crippen molar-refractivity contribution >= 4 is 29.9 Å². The topological polar surface area (TPSA) is 103 Å². The van der Waals surface area contributed by atoms with Crippen LogP contribution in [0.15, 0.2) is 35.3 Å². The van der Waals surface area contributed by atoms with Crippen LogP contribution in [0, 0.1) is 0 Å². The summed E-state index contributed by atoms with van der Waals surface area (Å²) in [5, 5.41) is 17.1. The summed E-state index contributed by atoms with van der Waals surface area (Å²) in [4.78, 5) is 4.61. The van der Waals surface area contributed by atoms with E-state index in [1.54, 1.807) is 53.7 Å². The van der Waals surface area contributed by atoms with E-state index in [4.69, 9.17) is 23.7 Å². The monoisotopic (exact) mass is 575 g/mol. The number of rotatable bonds is 11. The van der Waals surface area contributed by atoms with Gasteiger partial charge in [0, 0.05) is 18.7 Å². The van der Waals surface area contributed by atoms with Crippen LogP contribution in [0.5, 0.6) is 28.7 Å². The Morgan fingerprint density at radius 2 is 1.52 bits per heavy atom. The summed E-state index contributed by atoms with van der Waals surface area (Å²) < 4.78 is 26.8. The molecular weight excluding hydrogens is 541 g/mol. The number of aliphatic hydroxyl groups is 1. The Labute approximate surface area is 212 Å². The summed E-state index contributed by atoms with van der Waals surface area (Å²) in [6.45, 7) is 3.23. The Kier molecular flexibility index (Phi) is 12.5. The van der Waals surface area contributed by atoms with Gasteiger partial charge in [0.25, 0.3) is 0 Å². The largest absolute Gasteiger partial charge is 0.497 e. The van der Waals surface area contributed by atoms with Crippen molar-refractivity contribution in [2.45, 2.75) is 19.6 Å². The molecule has 0 aliphatic carbocycles. The summed E-state index contributed by atoms with van der Waals surface area (Å²) in [6.07, 6.45) is -0.829. The van der Waals surface area contributed by atoms with Gasteiger partial charge in [-0.25, -0.2) is 4.99 Å². The van der Waals surface area contributed by atoms with Gasteiger partial charge in [-0.05, 0) is 42.8 Å². The molecule has 1 atom stereocenters. The molecule has 2 aromatic rings. The molecule has 0 saturated heterocycles. The lowest BCUT2D eigenvalue weighted by Crippen LogP contribution is -2.39. The summed E-state index contributed by atoms with van der Waals surface area (Å²) in [5.74, 6) is 3.44. The van der Waals surface area contributed by atoms with Crippen LogP contribution >= 0.6 is 24.0 Å². The molecular formula is C23H34IN3O6. The van der Waals surface area contributed by atoms with E-state index < -0.39 is 6.10 Å². The van der Waals surface area contributed by atoms with Crippen LogP contribution in [0.3, 0.4) is 0 Å². The molecule has 33 heavy (non-hydrogen) atoms. The molecule has 2 rings (SSSR count). The van der Waals surface area contributed by atoms with Gasteiger partial charge in [0.2, 0.25) is 5.75 Å². The Morgan fingerprint density at radius 1 is 0.879 bits per heavy atom. The van der Waals surface area contributed by atoms with Crippen LogP contribution in [0.2, 0.25) is 0 Å². The van der Waals surface area contributed by atoms with Crippen molar-refractivity contribution in [2.75, 3.05) is 48.6 Å². The average Bonchev–Trinajstić information content (AvgIpc) is 2.84. The fraction of sp³-hybridized carbons (Fsp3) is 0.435. The standard InChI is InChI=1S/C23H33N3O6.HI/c1-7-24-23(25-13-15-10-20(30-4)22(32-6)21(11-15)31-5)26-14-18(27)17-12-16(28-2)8-9-19(17)29-3;/h8-12,18,27H,7,13-14H2,1-6H3,(H2,24,25,26);1H. The minimum absolute atomic E-state index is 0. The van der Waals surface area contributed by atoms with Crippen LogP contribution in [0.1, 0.15) is 24.2 Å². The molecule has 0 saturated carbocycles. The molecule has 9 nitrogen and oxygen atoms in total. The van der Waals surface area contributed by atoms with E-state index in [-0.39, 0.29) is 30.5 Å². The van der Waals surface area contributed by atoms with Gasteiger partial charge in [-0.15, -0.1) is 24.0 Å². The zero-order chi connectivity index (χ0) is 23.5. The van der Waals surface area contributed by atoms with E-state index in [9.17, 15) is 5.11 Å². The summed E-state index contributed by atoms with van der Waals surface area (Å²) in [7, 11) is 7.85. The van der Waals surface area contributed by atoms with Crippen LogP contribution in [0.25, 0.3) is 0 Å². The van der Waals surface area contributed by atoms with E-state index >= 15 is 0 Å². The highest BCUT2D eigenvalue weighted by atomic mass is 127. The van der Waals surface area contributed by atoms with Gasteiger partial charge >= 0.3 is 0 Å². The molecule has 1 unspecified atom stereocenters. The smallest absolute Gasteiger partial charge is 0.203 e. The van der Waals surface area contributed by atoms with E-state index in [1.807, 2.05) is 19.1 Å². The number of ether oxygens (including phenoxy) is 5. The molecule has 0 aliphatic rings.